The highest BCUT2D eigenvalue weighted by Crippen LogP contribution is 2.27. The fourth-order valence-corrected chi connectivity index (χ4v) is 3.73. The van der Waals surface area contributed by atoms with E-state index in [0.29, 0.717) is 6.04 Å². The summed E-state index contributed by atoms with van der Waals surface area (Å²) in [6.45, 7) is 18.9. The third-order valence-corrected chi connectivity index (χ3v) is 5.54. The van der Waals surface area contributed by atoms with Crippen molar-refractivity contribution in [1.82, 2.24) is 15.1 Å². The van der Waals surface area contributed by atoms with Crippen molar-refractivity contribution in [2.75, 3.05) is 32.7 Å². The number of hydrogen-bond donors (Lipinski definition) is 2. The van der Waals surface area contributed by atoms with Gasteiger partial charge in [-0.3, -0.25) is 4.90 Å². The van der Waals surface area contributed by atoms with Crippen molar-refractivity contribution in [1.29, 1.82) is 0 Å². The molecule has 4 heteroatoms. The molecule has 0 aromatic rings. The highest BCUT2D eigenvalue weighted by atomic mass is 15.2. The summed E-state index contributed by atoms with van der Waals surface area (Å²) in [7, 11) is 0. The summed E-state index contributed by atoms with van der Waals surface area (Å²) in [6, 6.07) is 0.443. The Kier molecular flexibility index (Phi) is 9.03. The molecule has 0 aromatic heterocycles. The third-order valence-electron chi connectivity index (χ3n) is 5.54. The highest BCUT2D eigenvalue weighted by molar-refractivity contribution is 5.32. The van der Waals surface area contributed by atoms with Gasteiger partial charge in [-0.25, -0.2) is 0 Å². The van der Waals surface area contributed by atoms with E-state index in [9.17, 15) is 0 Å². The van der Waals surface area contributed by atoms with Gasteiger partial charge in [0.1, 0.15) is 0 Å². The average molecular weight is 337 g/mol. The lowest BCUT2D eigenvalue weighted by atomic mass is 9.84. The molecule has 4 nitrogen and oxygen atoms in total. The molecule has 0 saturated carbocycles. The molecule has 140 valence electrons. The zero-order chi connectivity index (χ0) is 18.2. The zero-order valence-corrected chi connectivity index (χ0v) is 16.8. The fraction of sp³-hybridized carbons (Fsp3) is 0.800. The van der Waals surface area contributed by atoms with Gasteiger partial charge in [0.05, 0.1) is 11.6 Å². The van der Waals surface area contributed by atoms with Gasteiger partial charge in [0.25, 0.3) is 0 Å². The van der Waals surface area contributed by atoms with E-state index in [-0.39, 0.29) is 11.6 Å². The Bertz CT molecular complexity index is 410. The first-order valence-electron chi connectivity index (χ1n) is 9.81. The van der Waals surface area contributed by atoms with Gasteiger partial charge in [0.2, 0.25) is 0 Å². The van der Waals surface area contributed by atoms with Crippen molar-refractivity contribution in [3.05, 3.63) is 23.9 Å². The molecule has 1 aliphatic carbocycles. The van der Waals surface area contributed by atoms with E-state index < -0.39 is 0 Å². The predicted octanol–water partition coefficient (Wildman–Crippen LogP) is 2.97. The van der Waals surface area contributed by atoms with Crippen molar-refractivity contribution in [2.24, 2.45) is 5.73 Å². The van der Waals surface area contributed by atoms with Crippen LogP contribution in [-0.4, -0.2) is 60.1 Å². The Balaban J connectivity index is 2.58. The number of nitrogens with one attached hydrogen (secondary N) is 1. The number of hydrogen-bond acceptors (Lipinski definition) is 4. The number of allylic oxidation sites excluding steroid dienone is 2. The van der Waals surface area contributed by atoms with Gasteiger partial charge in [-0.05, 0) is 65.5 Å². The van der Waals surface area contributed by atoms with E-state index in [0.717, 1.165) is 26.2 Å². The maximum Gasteiger partial charge on any atom is 0.0665 e. The minimum absolute atomic E-state index is 0.00682. The Morgan fingerprint density at radius 2 is 1.79 bits per heavy atom. The summed E-state index contributed by atoms with van der Waals surface area (Å²) in [5.74, 6) is 0. The molecule has 1 rings (SSSR count). The van der Waals surface area contributed by atoms with Crippen LogP contribution in [0.15, 0.2) is 23.9 Å². The fourth-order valence-electron chi connectivity index (χ4n) is 3.73. The van der Waals surface area contributed by atoms with Crippen LogP contribution in [0.4, 0.5) is 0 Å². The number of nitrogens with zero attached hydrogens (tertiary/aromatic N) is 2. The molecule has 24 heavy (non-hydrogen) atoms. The van der Waals surface area contributed by atoms with E-state index in [1.807, 2.05) is 0 Å². The molecule has 0 amide bonds. The van der Waals surface area contributed by atoms with Crippen molar-refractivity contribution < 1.29 is 0 Å². The first-order chi connectivity index (χ1) is 11.4. The molecule has 0 radical (unpaired) electrons. The number of rotatable bonds is 11. The molecule has 0 aromatic carbocycles. The first-order valence-corrected chi connectivity index (χ1v) is 9.81. The standard InChI is InChI=1S/C20H40N4/c1-7-23(8-2)16-12-13-17(5)22-18-14-11-15-20(6,19(18)21)24(9-3)10-4/h11,14-15,17,19,22H,7-10,12-13,16,21H2,1-6H3. The zero-order valence-electron chi connectivity index (χ0n) is 16.8. The second-order valence-electron chi connectivity index (χ2n) is 7.07. The van der Waals surface area contributed by atoms with Crippen LogP contribution in [0.3, 0.4) is 0 Å². The maximum absolute atomic E-state index is 6.65. The lowest BCUT2D eigenvalue weighted by Crippen LogP contribution is -2.60. The topological polar surface area (TPSA) is 44.5 Å². The number of likely N-dealkylation sites (N-methyl/N-ethyl adjacent to an activating group) is 1. The minimum atomic E-state index is -0.110. The lowest BCUT2D eigenvalue weighted by molar-refractivity contribution is 0.140. The Morgan fingerprint density at radius 1 is 1.17 bits per heavy atom. The third kappa shape index (κ3) is 5.33. The van der Waals surface area contributed by atoms with E-state index in [2.05, 4.69) is 74.9 Å². The van der Waals surface area contributed by atoms with Gasteiger partial charge < -0.3 is 16.0 Å². The van der Waals surface area contributed by atoms with Gasteiger partial charge in [0.15, 0.2) is 0 Å². The Morgan fingerprint density at radius 3 is 2.33 bits per heavy atom. The molecular formula is C20H40N4. The van der Waals surface area contributed by atoms with E-state index in [1.165, 1.54) is 25.1 Å². The van der Waals surface area contributed by atoms with Gasteiger partial charge in [-0.1, -0.05) is 39.8 Å². The highest BCUT2D eigenvalue weighted by Gasteiger charge is 2.37. The molecule has 0 saturated heterocycles. The maximum atomic E-state index is 6.65. The average Bonchev–Trinajstić information content (AvgIpc) is 2.57. The van der Waals surface area contributed by atoms with Crippen LogP contribution in [0.5, 0.6) is 0 Å². The SMILES string of the molecule is CCN(CC)CCCC(C)NC1=CC=CC(C)(N(CC)CC)C1N. The van der Waals surface area contributed by atoms with Gasteiger partial charge in [-0.15, -0.1) is 0 Å². The van der Waals surface area contributed by atoms with E-state index in [1.54, 1.807) is 0 Å². The second-order valence-corrected chi connectivity index (χ2v) is 7.07. The predicted molar refractivity (Wildman–Crippen MR) is 106 cm³/mol. The van der Waals surface area contributed by atoms with Crippen LogP contribution in [0, 0.1) is 0 Å². The molecule has 0 bridgehead atoms. The van der Waals surface area contributed by atoms with Crippen molar-refractivity contribution >= 4 is 0 Å². The number of nitrogens with two attached hydrogens (primary N) is 1. The lowest BCUT2D eigenvalue weighted by Gasteiger charge is -2.45. The molecule has 3 atom stereocenters. The smallest absolute Gasteiger partial charge is 0.0665 e. The molecule has 3 unspecified atom stereocenters. The van der Waals surface area contributed by atoms with E-state index in [4.69, 9.17) is 5.73 Å². The van der Waals surface area contributed by atoms with Gasteiger partial charge in [0, 0.05) is 11.7 Å². The summed E-state index contributed by atoms with van der Waals surface area (Å²) >= 11 is 0. The molecule has 0 heterocycles. The summed E-state index contributed by atoms with van der Waals surface area (Å²) in [5, 5.41) is 3.68. The summed E-state index contributed by atoms with van der Waals surface area (Å²) in [6.07, 6.45) is 8.96. The van der Waals surface area contributed by atoms with Crippen LogP contribution in [0.2, 0.25) is 0 Å². The first kappa shape index (κ1) is 21.2. The minimum Gasteiger partial charge on any atom is -0.385 e. The molecular weight excluding hydrogens is 296 g/mol. The van der Waals surface area contributed by atoms with Crippen LogP contribution < -0.4 is 11.1 Å². The van der Waals surface area contributed by atoms with E-state index >= 15 is 0 Å². The van der Waals surface area contributed by atoms with Crippen molar-refractivity contribution in [3.63, 3.8) is 0 Å². The second kappa shape index (κ2) is 10.2. The summed E-state index contributed by atoms with van der Waals surface area (Å²) in [4.78, 5) is 4.92. The Hall–Kier alpha value is -0.840. The van der Waals surface area contributed by atoms with Crippen LogP contribution in [0.25, 0.3) is 0 Å². The summed E-state index contributed by atoms with van der Waals surface area (Å²) < 4.78 is 0. The van der Waals surface area contributed by atoms with Crippen LogP contribution in [-0.2, 0) is 0 Å². The molecule has 0 spiro atoms. The normalized spacial score (nSPS) is 25.2. The molecule has 3 N–H and O–H groups in total. The molecule has 0 fully saturated rings. The Labute approximate surface area is 150 Å². The van der Waals surface area contributed by atoms with Gasteiger partial charge in [-0.2, -0.15) is 0 Å². The quantitative estimate of drug-likeness (QED) is 0.609. The van der Waals surface area contributed by atoms with Gasteiger partial charge >= 0.3 is 0 Å². The largest absolute Gasteiger partial charge is 0.385 e. The molecule has 1 aliphatic rings. The van der Waals surface area contributed by atoms with Crippen molar-refractivity contribution in [2.45, 2.75) is 72.0 Å². The monoisotopic (exact) mass is 336 g/mol. The summed E-state index contributed by atoms with van der Waals surface area (Å²) in [5.41, 5.74) is 7.70. The van der Waals surface area contributed by atoms with Crippen LogP contribution >= 0.6 is 0 Å². The van der Waals surface area contributed by atoms with Crippen LogP contribution in [0.1, 0.15) is 54.4 Å². The molecule has 0 aliphatic heterocycles. The van der Waals surface area contributed by atoms with Crippen molar-refractivity contribution in [3.8, 4) is 0 Å².